The average molecular weight is 515 g/mol. The quantitative estimate of drug-likeness (QED) is 0.514. The molecule has 1 N–H and O–H groups in total. The minimum atomic E-state index is -0.165. The van der Waals surface area contributed by atoms with Gasteiger partial charge in [0.05, 0.1) is 28.6 Å². The summed E-state index contributed by atoms with van der Waals surface area (Å²) < 4.78 is 6.50. The largest absolute Gasteiger partial charge is 0.496 e. The Hall–Kier alpha value is -2.40. The number of carbonyl (C=O) groups excluding carboxylic acids is 2. The van der Waals surface area contributed by atoms with E-state index in [2.05, 4.69) is 22.2 Å². The molecule has 2 aliphatic heterocycles. The first-order chi connectivity index (χ1) is 16.4. The highest BCUT2D eigenvalue weighted by molar-refractivity contribution is 8.01. The summed E-state index contributed by atoms with van der Waals surface area (Å²) in [7, 11) is 3.75. The number of thiazole rings is 1. The van der Waals surface area contributed by atoms with Crippen LogP contribution in [0.15, 0.2) is 44.3 Å². The Balaban J connectivity index is 1.30. The lowest BCUT2D eigenvalue weighted by Crippen LogP contribution is -2.59. The molecule has 5 rings (SSSR count). The predicted molar refractivity (Wildman–Crippen MR) is 137 cm³/mol. The van der Waals surface area contributed by atoms with Crippen molar-refractivity contribution >= 4 is 51.4 Å². The third-order valence-corrected chi connectivity index (χ3v) is 9.25. The number of aryl methyl sites for hydroxylation is 1. The van der Waals surface area contributed by atoms with E-state index in [1.165, 1.54) is 22.7 Å². The van der Waals surface area contributed by atoms with Crippen LogP contribution in [0.4, 0.5) is 5.13 Å². The Morgan fingerprint density at radius 3 is 2.76 bits per heavy atom. The third-order valence-electron chi connectivity index (χ3n) is 6.40. The van der Waals surface area contributed by atoms with Crippen LogP contribution in [0.1, 0.15) is 32.7 Å². The molecule has 178 valence electrons. The molecule has 2 amide bonds. The lowest BCUT2D eigenvalue weighted by molar-refractivity contribution is 0.0116. The minimum Gasteiger partial charge on any atom is -0.496 e. The van der Waals surface area contributed by atoms with Crippen LogP contribution < -0.4 is 10.1 Å². The summed E-state index contributed by atoms with van der Waals surface area (Å²) >= 11 is 4.44. The fraction of sp³-hybridized carbons (Fsp3) is 0.375. The second kappa shape index (κ2) is 9.33. The van der Waals surface area contributed by atoms with Gasteiger partial charge in [-0.15, -0.1) is 0 Å². The van der Waals surface area contributed by atoms with Gasteiger partial charge in [-0.3, -0.25) is 14.9 Å². The van der Waals surface area contributed by atoms with E-state index < -0.39 is 0 Å². The molecule has 3 aromatic rings. The first-order valence-electron chi connectivity index (χ1n) is 11.0. The zero-order valence-corrected chi connectivity index (χ0v) is 21.7. The Bertz CT molecular complexity index is 1220. The number of hydrogen-bond donors (Lipinski definition) is 1. The third kappa shape index (κ3) is 4.59. The van der Waals surface area contributed by atoms with Gasteiger partial charge in [-0.05, 0) is 56.1 Å². The summed E-state index contributed by atoms with van der Waals surface area (Å²) in [5.74, 6) is 0.456. The van der Waals surface area contributed by atoms with Crippen LogP contribution in [0.25, 0.3) is 0 Å². The molecule has 0 radical (unpaired) electrons. The fourth-order valence-corrected chi connectivity index (χ4v) is 7.21. The molecule has 0 saturated carbocycles. The van der Waals surface area contributed by atoms with E-state index >= 15 is 0 Å². The van der Waals surface area contributed by atoms with Crippen molar-refractivity contribution in [2.24, 2.45) is 5.41 Å². The number of ether oxygens (including phenoxy) is 1. The highest BCUT2D eigenvalue weighted by Crippen LogP contribution is 2.42. The van der Waals surface area contributed by atoms with Gasteiger partial charge in [0.2, 0.25) is 0 Å². The SMILES string of the molecule is COc1cc(C)c(Sc2cnc(NC(=O)c3ccsc3)s2)cc1C(=O)N1CC2(CCN(C)C2)C1. The molecule has 4 heterocycles. The normalized spacial score (nSPS) is 17.1. The van der Waals surface area contributed by atoms with Gasteiger partial charge in [-0.25, -0.2) is 4.98 Å². The number of amides is 2. The van der Waals surface area contributed by atoms with Crippen molar-refractivity contribution in [3.8, 4) is 5.75 Å². The number of nitrogens with one attached hydrogen (secondary N) is 1. The number of hydrogen-bond acceptors (Lipinski definition) is 8. The van der Waals surface area contributed by atoms with Gasteiger partial charge in [-0.1, -0.05) is 23.1 Å². The number of rotatable bonds is 6. The van der Waals surface area contributed by atoms with Gasteiger partial charge in [0.25, 0.3) is 11.8 Å². The van der Waals surface area contributed by atoms with E-state index in [4.69, 9.17) is 4.74 Å². The van der Waals surface area contributed by atoms with Crippen molar-refractivity contribution in [2.75, 3.05) is 45.7 Å². The second-order valence-corrected chi connectivity index (χ2v) is 12.2. The van der Waals surface area contributed by atoms with Crippen molar-refractivity contribution < 1.29 is 14.3 Å². The Morgan fingerprint density at radius 2 is 2.09 bits per heavy atom. The zero-order chi connectivity index (χ0) is 23.9. The summed E-state index contributed by atoms with van der Waals surface area (Å²) in [5, 5.41) is 7.08. The predicted octanol–water partition coefficient (Wildman–Crippen LogP) is 4.70. The number of anilines is 1. The maximum Gasteiger partial charge on any atom is 0.258 e. The number of likely N-dealkylation sites (tertiary alicyclic amines) is 2. The number of benzene rings is 1. The van der Waals surface area contributed by atoms with Crippen molar-refractivity contribution in [1.82, 2.24) is 14.8 Å². The molecule has 0 unspecified atom stereocenters. The smallest absolute Gasteiger partial charge is 0.258 e. The maximum atomic E-state index is 13.3. The molecule has 7 nitrogen and oxygen atoms in total. The molecule has 10 heteroatoms. The fourth-order valence-electron chi connectivity index (χ4n) is 4.64. The van der Waals surface area contributed by atoms with E-state index in [1.807, 2.05) is 34.7 Å². The van der Waals surface area contributed by atoms with E-state index in [1.54, 1.807) is 31.1 Å². The molecule has 34 heavy (non-hydrogen) atoms. The number of nitrogens with zero attached hydrogens (tertiary/aromatic N) is 3. The summed E-state index contributed by atoms with van der Waals surface area (Å²) in [4.78, 5) is 35.2. The van der Waals surface area contributed by atoms with E-state index in [-0.39, 0.29) is 17.2 Å². The van der Waals surface area contributed by atoms with Crippen LogP contribution in [0, 0.1) is 12.3 Å². The van der Waals surface area contributed by atoms with Crippen LogP contribution in [-0.2, 0) is 0 Å². The van der Waals surface area contributed by atoms with Crippen molar-refractivity contribution in [3.05, 3.63) is 51.8 Å². The van der Waals surface area contributed by atoms with Gasteiger partial charge in [0.15, 0.2) is 5.13 Å². The van der Waals surface area contributed by atoms with Crippen LogP contribution in [0.3, 0.4) is 0 Å². The molecule has 0 atom stereocenters. The highest BCUT2D eigenvalue weighted by atomic mass is 32.2. The number of aromatic nitrogens is 1. The van der Waals surface area contributed by atoms with Gasteiger partial charge >= 0.3 is 0 Å². The lowest BCUT2D eigenvalue weighted by atomic mass is 9.78. The maximum absolute atomic E-state index is 13.3. The van der Waals surface area contributed by atoms with Crippen LogP contribution in [-0.4, -0.2) is 66.9 Å². The van der Waals surface area contributed by atoms with E-state index in [0.29, 0.717) is 22.0 Å². The van der Waals surface area contributed by atoms with Crippen molar-refractivity contribution in [3.63, 3.8) is 0 Å². The standard InChI is InChI=1S/C24H26N4O3S3/c1-15-8-18(31-3)17(22(30)28-13-24(14-28)5-6-27(2)12-24)9-19(15)33-20-10-25-23(34-20)26-21(29)16-4-7-32-11-16/h4,7-11H,5-6,12-14H2,1-3H3,(H,25,26,29). The minimum absolute atomic E-state index is 0.0203. The van der Waals surface area contributed by atoms with E-state index in [0.717, 1.165) is 47.3 Å². The van der Waals surface area contributed by atoms with Crippen LogP contribution >= 0.6 is 34.4 Å². The van der Waals surface area contributed by atoms with Gasteiger partial charge < -0.3 is 14.5 Å². The molecule has 1 aromatic carbocycles. The molecule has 0 bridgehead atoms. The average Bonchev–Trinajstić information content (AvgIpc) is 3.55. The monoisotopic (exact) mass is 514 g/mol. The zero-order valence-electron chi connectivity index (χ0n) is 19.3. The van der Waals surface area contributed by atoms with Crippen molar-refractivity contribution in [2.45, 2.75) is 22.4 Å². The molecular weight excluding hydrogens is 488 g/mol. The molecule has 2 fully saturated rings. The number of thiophene rings is 1. The van der Waals surface area contributed by atoms with Crippen LogP contribution in [0.2, 0.25) is 0 Å². The summed E-state index contributed by atoms with van der Waals surface area (Å²) in [5.41, 5.74) is 2.49. The summed E-state index contributed by atoms with van der Waals surface area (Å²) in [6.45, 7) is 5.77. The summed E-state index contributed by atoms with van der Waals surface area (Å²) in [6.07, 6.45) is 2.90. The highest BCUT2D eigenvalue weighted by Gasteiger charge is 2.48. The molecule has 2 aliphatic rings. The first-order valence-corrected chi connectivity index (χ1v) is 13.6. The number of methoxy groups -OCH3 is 1. The molecule has 2 aromatic heterocycles. The topological polar surface area (TPSA) is 74.8 Å². The Morgan fingerprint density at radius 1 is 1.26 bits per heavy atom. The second-order valence-electron chi connectivity index (χ2n) is 9.02. The van der Waals surface area contributed by atoms with Crippen molar-refractivity contribution in [1.29, 1.82) is 0 Å². The molecular formula is C24H26N4O3S3. The van der Waals surface area contributed by atoms with E-state index in [9.17, 15) is 9.59 Å². The Labute approximate surface area is 211 Å². The van der Waals surface area contributed by atoms with Crippen LogP contribution in [0.5, 0.6) is 5.75 Å². The first kappa shape index (κ1) is 23.3. The molecule has 2 saturated heterocycles. The molecule has 1 spiro atoms. The Kier molecular flexibility index (Phi) is 6.41. The number of carbonyl (C=O) groups is 2. The summed E-state index contributed by atoms with van der Waals surface area (Å²) in [6, 6.07) is 5.64. The lowest BCUT2D eigenvalue weighted by Gasteiger charge is -2.48. The van der Waals surface area contributed by atoms with Gasteiger partial charge in [0, 0.05) is 35.3 Å². The van der Waals surface area contributed by atoms with Gasteiger partial charge in [0.1, 0.15) is 5.75 Å². The molecule has 0 aliphatic carbocycles. The van der Waals surface area contributed by atoms with Gasteiger partial charge in [-0.2, -0.15) is 11.3 Å².